The maximum absolute atomic E-state index is 6.10. The highest BCUT2D eigenvalue weighted by Crippen LogP contribution is 2.10. The van der Waals surface area contributed by atoms with Gasteiger partial charge in [-0.05, 0) is 22.8 Å². The van der Waals surface area contributed by atoms with Crippen molar-refractivity contribution >= 4 is 17.5 Å². The van der Waals surface area contributed by atoms with Crippen molar-refractivity contribution in [2.75, 3.05) is 11.9 Å². The Morgan fingerprint density at radius 2 is 2.21 bits per heavy atom. The first kappa shape index (κ1) is 11.2. The van der Waals surface area contributed by atoms with Gasteiger partial charge in [-0.25, -0.2) is 4.68 Å². The van der Waals surface area contributed by atoms with Crippen LogP contribution >= 0.6 is 11.6 Å². The van der Waals surface area contributed by atoms with Gasteiger partial charge in [0.2, 0.25) is 5.95 Å². The summed E-state index contributed by atoms with van der Waals surface area (Å²) in [5.74, 6) is 1.26. The highest BCUT2D eigenvalue weighted by atomic mass is 35.5. The molecule has 0 aliphatic heterocycles. The summed E-state index contributed by atoms with van der Waals surface area (Å²) in [5, 5.41) is 14.2. The molecule has 0 bridgehead atoms. The monoisotopic (exact) mass is 217 g/mol. The summed E-state index contributed by atoms with van der Waals surface area (Å²) in [6.45, 7) is 4.99. The van der Waals surface area contributed by atoms with Crippen LogP contribution in [0.4, 0.5) is 5.95 Å². The second-order valence-electron chi connectivity index (χ2n) is 3.73. The largest absolute Gasteiger partial charge is 0.352 e. The normalized spacial score (nSPS) is 13.2. The molecule has 1 aromatic rings. The maximum Gasteiger partial charge on any atom is 0.242 e. The Morgan fingerprint density at radius 1 is 1.50 bits per heavy atom. The molecule has 0 saturated carbocycles. The lowest BCUT2D eigenvalue weighted by Crippen LogP contribution is -2.18. The molecule has 5 nitrogen and oxygen atoms in total. The van der Waals surface area contributed by atoms with E-state index in [0.717, 1.165) is 6.42 Å². The fourth-order valence-electron chi connectivity index (χ4n) is 1.18. The van der Waals surface area contributed by atoms with Crippen LogP contribution in [0.1, 0.15) is 20.3 Å². The fourth-order valence-corrected chi connectivity index (χ4v) is 1.61. The van der Waals surface area contributed by atoms with Crippen LogP contribution in [0, 0.1) is 5.92 Å². The van der Waals surface area contributed by atoms with Crippen molar-refractivity contribution in [2.45, 2.75) is 25.6 Å². The Hall–Kier alpha value is -0.840. The Bertz CT molecular complexity index is 272. The van der Waals surface area contributed by atoms with Gasteiger partial charge in [0.05, 0.1) is 5.38 Å². The van der Waals surface area contributed by atoms with Crippen molar-refractivity contribution in [1.82, 2.24) is 20.2 Å². The number of anilines is 1. The lowest BCUT2D eigenvalue weighted by atomic mass is 10.1. The van der Waals surface area contributed by atoms with E-state index >= 15 is 0 Å². The van der Waals surface area contributed by atoms with Gasteiger partial charge in [0, 0.05) is 13.6 Å². The van der Waals surface area contributed by atoms with Gasteiger partial charge >= 0.3 is 0 Å². The molecule has 6 heteroatoms. The molecule has 0 fully saturated rings. The van der Waals surface area contributed by atoms with Crippen molar-refractivity contribution in [3.8, 4) is 0 Å². The number of alkyl halides is 1. The van der Waals surface area contributed by atoms with Crippen LogP contribution in [0.5, 0.6) is 0 Å². The average Bonchev–Trinajstić information content (AvgIpc) is 2.46. The molecule has 1 N–H and O–H groups in total. The molecule has 0 aliphatic carbocycles. The van der Waals surface area contributed by atoms with Crippen molar-refractivity contribution < 1.29 is 0 Å². The molecule has 0 aromatic carbocycles. The van der Waals surface area contributed by atoms with Gasteiger partial charge in [0.1, 0.15) is 0 Å². The van der Waals surface area contributed by atoms with Crippen LogP contribution in [-0.4, -0.2) is 32.1 Å². The van der Waals surface area contributed by atoms with Gasteiger partial charge in [-0.15, -0.1) is 11.6 Å². The Balaban J connectivity index is 2.30. The summed E-state index contributed by atoms with van der Waals surface area (Å²) < 4.78 is 1.58. The molecule has 1 heterocycles. The van der Waals surface area contributed by atoms with E-state index in [-0.39, 0.29) is 5.38 Å². The standard InChI is InChI=1S/C8H16ClN5/c1-6(2)4-7(9)5-10-8-11-12-13-14(8)3/h6-7H,4-5H2,1-3H3,(H,10,11,13). The van der Waals surface area contributed by atoms with Crippen LogP contribution in [0.15, 0.2) is 0 Å². The van der Waals surface area contributed by atoms with Crippen LogP contribution in [-0.2, 0) is 7.05 Å². The molecule has 1 aromatic heterocycles. The topological polar surface area (TPSA) is 55.6 Å². The van der Waals surface area contributed by atoms with Gasteiger partial charge < -0.3 is 5.32 Å². The zero-order valence-electron chi connectivity index (χ0n) is 8.74. The molecule has 0 spiro atoms. The van der Waals surface area contributed by atoms with E-state index in [4.69, 9.17) is 11.6 Å². The molecule has 0 saturated heterocycles. The van der Waals surface area contributed by atoms with Crippen LogP contribution < -0.4 is 5.32 Å². The van der Waals surface area contributed by atoms with E-state index in [1.165, 1.54) is 0 Å². The predicted molar refractivity (Wildman–Crippen MR) is 56.4 cm³/mol. The van der Waals surface area contributed by atoms with E-state index in [9.17, 15) is 0 Å². The van der Waals surface area contributed by atoms with E-state index < -0.39 is 0 Å². The molecule has 1 unspecified atom stereocenters. The van der Waals surface area contributed by atoms with E-state index in [1.54, 1.807) is 11.7 Å². The second kappa shape index (κ2) is 5.14. The maximum atomic E-state index is 6.10. The fraction of sp³-hybridized carbons (Fsp3) is 0.875. The highest BCUT2D eigenvalue weighted by Gasteiger charge is 2.08. The zero-order valence-corrected chi connectivity index (χ0v) is 9.49. The molecular formula is C8H16ClN5. The summed E-state index contributed by atoms with van der Waals surface area (Å²) in [7, 11) is 1.79. The molecule has 0 amide bonds. The van der Waals surface area contributed by atoms with E-state index in [0.29, 0.717) is 18.4 Å². The average molecular weight is 218 g/mol. The van der Waals surface area contributed by atoms with Crippen molar-refractivity contribution in [2.24, 2.45) is 13.0 Å². The number of rotatable bonds is 5. The lowest BCUT2D eigenvalue weighted by Gasteiger charge is -2.12. The summed E-state index contributed by atoms with van der Waals surface area (Å²) in [5.41, 5.74) is 0. The number of aromatic nitrogens is 4. The third-order valence-corrected chi connectivity index (χ3v) is 2.16. The highest BCUT2D eigenvalue weighted by molar-refractivity contribution is 6.20. The molecular weight excluding hydrogens is 202 g/mol. The van der Waals surface area contributed by atoms with Gasteiger partial charge in [-0.2, -0.15) is 0 Å². The Morgan fingerprint density at radius 3 is 2.71 bits per heavy atom. The summed E-state index contributed by atoms with van der Waals surface area (Å²) >= 11 is 6.10. The minimum atomic E-state index is 0.117. The molecule has 1 atom stereocenters. The van der Waals surface area contributed by atoms with Crippen LogP contribution in [0.2, 0.25) is 0 Å². The number of hydrogen-bond acceptors (Lipinski definition) is 4. The second-order valence-corrected chi connectivity index (χ2v) is 4.35. The van der Waals surface area contributed by atoms with Gasteiger partial charge in [0.25, 0.3) is 0 Å². The third kappa shape index (κ3) is 3.49. The Kier molecular flexibility index (Phi) is 4.13. The van der Waals surface area contributed by atoms with Crippen molar-refractivity contribution in [3.05, 3.63) is 0 Å². The van der Waals surface area contributed by atoms with Crippen LogP contribution in [0.3, 0.4) is 0 Å². The first-order chi connectivity index (χ1) is 6.59. The number of halogens is 1. The SMILES string of the molecule is CC(C)CC(Cl)CNc1nnnn1C. The quantitative estimate of drug-likeness (QED) is 0.755. The zero-order chi connectivity index (χ0) is 10.6. The van der Waals surface area contributed by atoms with E-state index in [2.05, 4.69) is 34.7 Å². The Labute approximate surface area is 88.8 Å². The number of nitrogens with one attached hydrogen (secondary N) is 1. The van der Waals surface area contributed by atoms with Crippen molar-refractivity contribution in [3.63, 3.8) is 0 Å². The van der Waals surface area contributed by atoms with Gasteiger partial charge in [0.15, 0.2) is 0 Å². The molecule has 0 aliphatic rings. The molecule has 0 radical (unpaired) electrons. The minimum absolute atomic E-state index is 0.117. The minimum Gasteiger partial charge on any atom is -0.352 e. The van der Waals surface area contributed by atoms with Gasteiger partial charge in [-0.1, -0.05) is 18.9 Å². The summed E-state index contributed by atoms with van der Waals surface area (Å²) in [6, 6.07) is 0. The summed E-state index contributed by atoms with van der Waals surface area (Å²) in [4.78, 5) is 0. The van der Waals surface area contributed by atoms with Crippen molar-refractivity contribution in [1.29, 1.82) is 0 Å². The lowest BCUT2D eigenvalue weighted by molar-refractivity contribution is 0.571. The number of tetrazole rings is 1. The first-order valence-electron chi connectivity index (χ1n) is 4.70. The van der Waals surface area contributed by atoms with E-state index in [1.807, 2.05) is 0 Å². The van der Waals surface area contributed by atoms with Gasteiger partial charge in [-0.3, -0.25) is 0 Å². The third-order valence-electron chi connectivity index (χ3n) is 1.83. The smallest absolute Gasteiger partial charge is 0.242 e. The number of hydrogen-bond donors (Lipinski definition) is 1. The van der Waals surface area contributed by atoms with Crippen LogP contribution in [0.25, 0.3) is 0 Å². The number of nitrogens with zero attached hydrogens (tertiary/aromatic N) is 4. The number of aryl methyl sites for hydroxylation is 1. The summed E-state index contributed by atoms with van der Waals surface area (Å²) in [6.07, 6.45) is 0.986. The first-order valence-corrected chi connectivity index (χ1v) is 5.13. The predicted octanol–water partition coefficient (Wildman–Crippen LogP) is 1.28. The molecule has 1 rings (SSSR count). The molecule has 14 heavy (non-hydrogen) atoms. The molecule has 80 valence electrons.